The quantitative estimate of drug-likeness (QED) is 0.652. The zero-order chi connectivity index (χ0) is 15.8. The highest BCUT2D eigenvalue weighted by molar-refractivity contribution is 14.1. The van der Waals surface area contributed by atoms with Gasteiger partial charge in [-0.3, -0.25) is 0 Å². The molecule has 23 heavy (non-hydrogen) atoms. The van der Waals surface area contributed by atoms with Crippen molar-refractivity contribution >= 4 is 28.4 Å². The molecule has 0 radical (unpaired) electrons. The van der Waals surface area contributed by atoms with Crippen LogP contribution in [0.2, 0.25) is 0 Å². The van der Waals surface area contributed by atoms with Gasteiger partial charge in [-0.1, -0.05) is 12.1 Å². The summed E-state index contributed by atoms with van der Waals surface area (Å²) in [6, 6.07) is 16.5. The summed E-state index contributed by atoms with van der Waals surface area (Å²) in [5, 5.41) is 8.34. The summed E-state index contributed by atoms with van der Waals surface area (Å²) in [6.07, 6.45) is 0.992. The normalized spacial score (nSPS) is 12.8. The van der Waals surface area contributed by atoms with E-state index in [-0.39, 0.29) is 0 Å². The van der Waals surface area contributed by atoms with Crippen LogP contribution < -0.4 is 10.1 Å². The summed E-state index contributed by atoms with van der Waals surface area (Å²) in [5.74, 6) is 1.95. The molecule has 1 aliphatic rings. The highest BCUT2D eigenvalue weighted by Gasteiger charge is 2.24. The minimum absolute atomic E-state index is 0.853. The van der Waals surface area contributed by atoms with Crippen LogP contribution in [0.3, 0.4) is 0 Å². The average Bonchev–Trinajstić information content (AvgIpc) is 3.18. The van der Waals surface area contributed by atoms with Crippen molar-refractivity contribution in [2.24, 2.45) is 0 Å². The monoisotopic (exact) mass is 417 g/mol. The van der Waals surface area contributed by atoms with Crippen LogP contribution in [0.5, 0.6) is 5.75 Å². The van der Waals surface area contributed by atoms with Gasteiger partial charge in [0.25, 0.3) is 0 Å². The van der Waals surface area contributed by atoms with Crippen molar-refractivity contribution in [3.05, 3.63) is 57.7 Å². The highest BCUT2D eigenvalue weighted by atomic mass is 127. The van der Waals surface area contributed by atoms with Crippen LogP contribution in [0.1, 0.15) is 5.56 Å². The van der Waals surface area contributed by atoms with Gasteiger partial charge in [-0.15, -0.1) is 0 Å². The van der Waals surface area contributed by atoms with Gasteiger partial charge in [-0.05, 0) is 65.4 Å². The maximum Gasteiger partial charge on any atom is 0.133 e. The molecular weight excluding hydrogens is 401 g/mol. The lowest BCUT2D eigenvalue weighted by Crippen LogP contribution is -2.04. The fraction of sp³-hybridized carbons (Fsp3) is 0.167. The molecular formula is C18H16IN3O. The summed E-state index contributed by atoms with van der Waals surface area (Å²) in [6.45, 7) is 0.953. The third-order valence-corrected chi connectivity index (χ3v) is 4.78. The lowest BCUT2D eigenvalue weighted by Gasteiger charge is -2.06. The number of nitrogens with one attached hydrogen (secondary N) is 1. The number of hydrogen-bond donors (Lipinski definition) is 1. The Morgan fingerprint density at radius 3 is 2.78 bits per heavy atom. The smallest absolute Gasteiger partial charge is 0.133 e. The number of aromatic nitrogens is 2. The van der Waals surface area contributed by atoms with Gasteiger partial charge in [-0.25, -0.2) is 4.68 Å². The second-order valence-corrected chi connectivity index (χ2v) is 6.72. The van der Waals surface area contributed by atoms with Crippen LogP contribution >= 0.6 is 22.6 Å². The lowest BCUT2D eigenvalue weighted by molar-refractivity contribution is 0.415. The van der Waals surface area contributed by atoms with E-state index in [0.717, 1.165) is 41.5 Å². The molecule has 0 saturated carbocycles. The molecule has 2 heterocycles. The molecule has 0 aliphatic carbocycles. The Morgan fingerprint density at radius 1 is 1.17 bits per heavy atom. The van der Waals surface area contributed by atoms with E-state index in [4.69, 9.17) is 9.84 Å². The maximum atomic E-state index is 5.35. The van der Waals surface area contributed by atoms with Crippen LogP contribution in [-0.4, -0.2) is 23.4 Å². The van der Waals surface area contributed by atoms with Crippen LogP contribution in [0, 0.1) is 3.57 Å². The van der Waals surface area contributed by atoms with E-state index in [9.17, 15) is 0 Å². The third kappa shape index (κ3) is 2.59. The zero-order valence-electron chi connectivity index (χ0n) is 12.7. The Hall–Kier alpha value is -2.02. The molecule has 0 spiro atoms. The van der Waals surface area contributed by atoms with E-state index in [2.05, 4.69) is 58.2 Å². The predicted octanol–water partition coefficient (Wildman–Crippen LogP) is 4.12. The number of rotatable bonds is 3. The van der Waals surface area contributed by atoms with Gasteiger partial charge in [-0.2, -0.15) is 5.10 Å². The fourth-order valence-corrected chi connectivity index (χ4v) is 3.31. The van der Waals surface area contributed by atoms with Gasteiger partial charge in [0.1, 0.15) is 11.6 Å². The number of methoxy groups -OCH3 is 1. The van der Waals surface area contributed by atoms with E-state index < -0.39 is 0 Å². The first-order chi connectivity index (χ1) is 11.3. The van der Waals surface area contributed by atoms with Crippen molar-refractivity contribution in [1.82, 2.24) is 9.78 Å². The van der Waals surface area contributed by atoms with Crippen molar-refractivity contribution in [2.45, 2.75) is 6.42 Å². The molecule has 5 heteroatoms. The SMILES string of the molecule is COc1cccc(-c2nn(-c3ccc(I)cc3)c3c2CCN3)c1. The van der Waals surface area contributed by atoms with E-state index in [1.54, 1.807) is 7.11 Å². The molecule has 2 aromatic carbocycles. The molecule has 1 aliphatic heterocycles. The van der Waals surface area contributed by atoms with Crippen molar-refractivity contribution in [3.63, 3.8) is 0 Å². The first-order valence-corrected chi connectivity index (χ1v) is 8.60. The standard InChI is InChI=1S/C18H16IN3O/c1-23-15-4-2-3-12(11-15)17-16-9-10-20-18(16)22(21-17)14-7-5-13(19)6-8-14/h2-8,11,20H,9-10H2,1H3. The Kier molecular flexibility index (Phi) is 3.72. The number of ether oxygens (including phenoxy) is 1. The van der Waals surface area contributed by atoms with Crippen molar-refractivity contribution in [2.75, 3.05) is 19.0 Å². The number of anilines is 1. The van der Waals surface area contributed by atoms with Gasteiger partial charge < -0.3 is 10.1 Å². The summed E-state index contributed by atoms with van der Waals surface area (Å²) in [5.41, 5.74) is 4.47. The predicted molar refractivity (Wildman–Crippen MR) is 100 cm³/mol. The first kappa shape index (κ1) is 14.6. The van der Waals surface area contributed by atoms with Gasteiger partial charge >= 0.3 is 0 Å². The summed E-state index contributed by atoms with van der Waals surface area (Å²) < 4.78 is 8.58. The average molecular weight is 417 g/mol. The molecule has 0 amide bonds. The van der Waals surface area contributed by atoms with E-state index in [1.165, 1.54) is 9.13 Å². The van der Waals surface area contributed by atoms with E-state index in [0.29, 0.717) is 0 Å². The van der Waals surface area contributed by atoms with Crippen molar-refractivity contribution in [3.8, 4) is 22.7 Å². The summed E-state index contributed by atoms with van der Waals surface area (Å²) in [7, 11) is 1.69. The van der Waals surface area contributed by atoms with Gasteiger partial charge in [0.2, 0.25) is 0 Å². The topological polar surface area (TPSA) is 39.1 Å². The Morgan fingerprint density at radius 2 is 2.00 bits per heavy atom. The Balaban J connectivity index is 1.86. The minimum Gasteiger partial charge on any atom is -0.497 e. The minimum atomic E-state index is 0.853. The second-order valence-electron chi connectivity index (χ2n) is 5.47. The van der Waals surface area contributed by atoms with Crippen molar-refractivity contribution < 1.29 is 4.74 Å². The highest BCUT2D eigenvalue weighted by Crippen LogP contribution is 2.35. The van der Waals surface area contributed by atoms with Crippen LogP contribution in [0.25, 0.3) is 16.9 Å². The van der Waals surface area contributed by atoms with Crippen molar-refractivity contribution in [1.29, 1.82) is 0 Å². The summed E-state index contributed by atoms with van der Waals surface area (Å²) >= 11 is 2.32. The molecule has 0 bridgehead atoms. The molecule has 4 rings (SSSR count). The van der Waals surface area contributed by atoms with Gasteiger partial charge in [0.05, 0.1) is 18.5 Å². The second kappa shape index (κ2) is 5.88. The van der Waals surface area contributed by atoms with Gasteiger partial charge in [0, 0.05) is 21.2 Å². The Bertz CT molecular complexity index is 855. The van der Waals surface area contributed by atoms with Crippen LogP contribution in [0.15, 0.2) is 48.5 Å². The molecule has 0 atom stereocenters. The molecule has 1 N–H and O–H groups in total. The molecule has 4 nitrogen and oxygen atoms in total. The Labute approximate surface area is 148 Å². The van der Waals surface area contributed by atoms with Crippen LogP contribution in [0.4, 0.5) is 5.82 Å². The molecule has 0 saturated heterocycles. The maximum absolute atomic E-state index is 5.35. The summed E-state index contributed by atoms with van der Waals surface area (Å²) in [4.78, 5) is 0. The number of nitrogens with zero attached hydrogens (tertiary/aromatic N) is 2. The number of hydrogen-bond acceptors (Lipinski definition) is 3. The molecule has 3 aromatic rings. The number of benzene rings is 2. The fourth-order valence-electron chi connectivity index (χ4n) is 2.95. The molecule has 116 valence electrons. The molecule has 0 unspecified atom stereocenters. The van der Waals surface area contributed by atoms with Crippen LogP contribution in [-0.2, 0) is 6.42 Å². The first-order valence-electron chi connectivity index (χ1n) is 7.52. The zero-order valence-corrected chi connectivity index (χ0v) is 14.9. The lowest BCUT2D eigenvalue weighted by atomic mass is 10.1. The van der Waals surface area contributed by atoms with E-state index >= 15 is 0 Å². The molecule has 1 aromatic heterocycles. The third-order valence-electron chi connectivity index (χ3n) is 4.07. The largest absolute Gasteiger partial charge is 0.497 e. The number of fused-ring (bicyclic) bond motifs is 1. The van der Waals surface area contributed by atoms with E-state index in [1.807, 2.05) is 22.9 Å². The molecule has 0 fully saturated rings. The number of halogens is 1. The van der Waals surface area contributed by atoms with Gasteiger partial charge in [0.15, 0.2) is 0 Å².